The van der Waals surface area contributed by atoms with E-state index in [1.165, 1.54) is 5.56 Å². The lowest BCUT2D eigenvalue weighted by Crippen LogP contribution is -2.18. The molecule has 0 aliphatic carbocycles. The van der Waals surface area contributed by atoms with Crippen molar-refractivity contribution in [1.82, 2.24) is 4.57 Å². The Hall–Kier alpha value is -2.25. The lowest BCUT2D eigenvalue weighted by atomic mass is 10.2. The number of aromatic nitrogens is 1. The van der Waals surface area contributed by atoms with Gasteiger partial charge in [0.05, 0.1) is 24.4 Å². The van der Waals surface area contributed by atoms with Crippen LogP contribution in [0.2, 0.25) is 0 Å². The molecule has 0 saturated heterocycles. The van der Waals surface area contributed by atoms with Crippen molar-refractivity contribution in [2.45, 2.75) is 19.9 Å². The van der Waals surface area contributed by atoms with Gasteiger partial charge >= 0.3 is 0 Å². The summed E-state index contributed by atoms with van der Waals surface area (Å²) in [5.41, 5.74) is 2.87. The van der Waals surface area contributed by atoms with Crippen LogP contribution in [0.4, 0.5) is 0 Å². The van der Waals surface area contributed by atoms with E-state index in [0.717, 1.165) is 33.7 Å². The molecule has 1 amide bonds. The number of amides is 1. The summed E-state index contributed by atoms with van der Waals surface area (Å²) < 4.78 is 13.8. The van der Waals surface area contributed by atoms with Crippen LogP contribution in [0.25, 0.3) is 10.2 Å². The van der Waals surface area contributed by atoms with Gasteiger partial charge in [0.2, 0.25) is 0 Å². The Bertz CT molecular complexity index is 1050. The molecule has 3 aromatic rings. The molecule has 0 radical (unpaired) electrons. The molecule has 0 spiro atoms. The van der Waals surface area contributed by atoms with Crippen molar-refractivity contribution >= 4 is 39.2 Å². The number of carbonyl (C=O) groups is 1. The van der Waals surface area contributed by atoms with Gasteiger partial charge in [-0.25, -0.2) is 0 Å². The highest BCUT2D eigenvalue weighted by Gasteiger charge is 2.12. The molecule has 0 N–H and O–H groups in total. The van der Waals surface area contributed by atoms with Crippen LogP contribution in [0.5, 0.6) is 11.5 Å². The number of methoxy groups -OCH3 is 2. The molecule has 0 unspecified atom stereocenters. The minimum Gasteiger partial charge on any atom is -0.493 e. The SMILES string of the molecule is CCc1ccc2c(c1)sc(=NC(=O)c1ccc(OC)c(OC)c1)n2CCSC. The number of hydrogen-bond acceptors (Lipinski definition) is 5. The zero-order chi connectivity index (χ0) is 20.1. The minimum absolute atomic E-state index is 0.291. The third kappa shape index (κ3) is 4.25. The van der Waals surface area contributed by atoms with Crippen LogP contribution in [0.15, 0.2) is 41.4 Å². The van der Waals surface area contributed by atoms with Gasteiger partial charge in [0.15, 0.2) is 16.3 Å². The Morgan fingerprint density at radius 2 is 1.93 bits per heavy atom. The quantitative estimate of drug-likeness (QED) is 0.573. The number of aryl methyl sites for hydroxylation is 2. The van der Waals surface area contributed by atoms with Crippen molar-refractivity contribution in [2.24, 2.45) is 4.99 Å². The zero-order valence-corrected chi connectivity index (χ0v) is 18.2. The fourth-order valence-corrected chi connectivity index (χ4v) is 4.43. The molecule has 7 heteroatoms. The summed E-state index contributed by atoms with van der Waals surface area (Å²) in [5.74, 6) is 1.77. The highest BCUT2D eigenvalue weighted by molar-refractivity contribution is 7.98. The first-order valence-corrected chi connectivity index (χ1v) is 11.2. The molecule has 0 bridgehead atoms. The van der Waals surface area contributed by atoms with Gasteiger partial charge in [0, 0.05) is 17.9 Å². The highest BCUT2D eigenvalue weighted by atomic mass is 32.2. The van der Waals surface area contributed by atoms with Gasteiger partial charge in [-0.1, -0.05) is 24.3 Å². The summed E-state index contributed by atoms with van der Waals surface area (Å²) in [4.78, 5) is 18.0. The largest absolute Gasteiger partial charge is 0.493 e. The Balaban J connectivity index is 2.07. The Morgan fingerprint density at radius 3 is 2.61 bits per heavy atom. The van der Waals surface area contributed by atoms with Crippen LogP contribution in [0.3, 0.4) is 0 Å². The second kappa shape index (κ2) is 9.30. The molecule has 0 fully saturated rings. The molecule has 1 aromatic heterocycles. The molecule has 5 nitrogen and oxygen atoms in total. The van der Waals surface area contributed by atoms with E-state index in [9.17, 15) is 4.79 Å². The number of nitrogens with zero attached hydrogens (tertiary/aromatic N) is 2. The van der Waals surface area contributed by atoms with Crippen molar-refractivity contribution in [3.63, 3.8) is 0 Å². The normalized spacial score (nSPS) is 11.8. The van der Waals surface area contributed by atoms with E-state index >= 15 is 0 Å². The molecule has 148 valence electrons. The van der Waals surface area contributed by atoms with Gasteiger partial charge in [0.25, 0.3) is 5.91 Å². The first kappa shape index (κ1) is 20.5. The topological polar surface area (TPSA) is 52.8 Å². The van der Waals surface area contributed by atoms with Gasteiger partial charge in [-0.15, -0.1) is 0 Å². The van der Waals surface area contributed by atoms with Gasteiger partial charge in [-0.3, -0.25) is 4.79 Å². The van der Waals surface area contributed by atoms with Gasteiger partial charge in [0.1, 0.15) is 0 Å². The average molecular weight is 417 g/mol. The molecule has 28 heavy (non-hydrogen) atoms. The van der Waals surface area contributed by atoms with Crippen molar-refractivity contribution in [2.75, 3.05) is 26.2 Å². The molecule has 0 aliphatic heterocycles. The van der Waals surface area contributed by atoms with Crippen molar-refractivity contribution in [1.29, 1.82) is 0 Å². The number of fused-ring (bicyclic) bond motifs is 1. The first-order chi connectivity index (χ1) is 13.6. The van der Waals surface area contributed by atoms with Crippen molar-refractivity contribution < 1.29 is 14.3 Å². The lowest BCUT2D eigenvalue weighted by molar-refractivity contribution is 0.0997. The predicted octanol–water partition coefficient (Wildman–Crippen LogP) is 4.39. The zero-order valence-electron chi connectivity index (χ0n) is 16.5. The second-order valence-corrected chi connectivity index (χ2v) is 8.17. The number of carbonyl (C=O) groups excluding carboxylic acids is 1. The smallest absolute Gasteiger partial charge is 0.279 e. The summed E-state index contributed by atoms with van der Waals surface area (Å²) in [6.07, 6.45) is 3.06. The summed E-state index contributed by atoms with van der Waals surface area (Å²) in [6, 6.07) is 11.6. The van der Waals surface area contributed by atoms with E-state index in [-0.39, 0.29) is 5.91 Å². The highest BCUT2D eigenvalue weighted by Crippen LogP contribution is 2.28. The monoisotopic (exact) mass is 416 g/mol. The van der Waals surface area contributed by atoms with Crippen molar-refractivity contribution in [3.05, 3.63) is 52.3 Å². The average Bonchev–Trinajstić information content (AvgIpc) is 3.07. The van der Waals surface area contributed by atoms with E-state index in [0.29, 0.717) is 17.1 Å². The number of thiazole rings is 1. The fraction of sp³-hybridized carbons (Fsp3) is 0.333. The number of ether oxygens (including phenoxy) is 2. The van der Waals surface area contributed by atoms with Crippen LogP contribution in [0.1, 0.15) is 22.8 Å². The van der Waals surface area contributed by atoms with Crippen LogP contribution in [-0.2, 0) is 13.0 Å². The molecule has 3 rings (SSSR count). The number of benzene rings is 2. The van der Waals surface area contributed by atoms with Gasteiger partial charge in [-0.2, -0.15) is 16.8 Å². The van der Waals surface area contributed by atoms with E-state index in [2.05, 4.69) is 40.9 Å². The molecule has 2 aromatic carbocycles. The molecule has 0 saturated carbocycles. The standard InChI is InChI=1S/C21H24N2O3S2/c1-5-14-6-8-16-19(12-14)28-21(23(16)10-11-27-4)22-20(24)15-7-9-17(25-2)18(13-15)26-3/h6-9,12-13H,5,10-11H2,1-4H3. The van der Waals surface area contributed by atoms with Crippen LogP contribution in [-0.4, -0.2) is 36.7 Å². The lowest BCUT2D eigenvalue weighted by Gasteiger charge is -2.08. The van der Waals surface area contributed by atoms with Crippen LogP contribution < -0.4 is 14.3 Å². The summed E-state index contributed by atoms with van der Waals surface area (Å²) in [5, 5.41) is 0. The Morgan fingerprint density at radius 1 is 1.14 bits per heavy atom. The Labute approximate surface area is 173 Å². The predicted molar refractivity (Wildman–Crippen MR) is 117 cm³/mol. The number of thioether (sulfide) groups is 1. The third-order valence-corrected chi connectivity index (χ3v) is 6.13. The number of rotatable bonds is 7. The maximum Gasteiger partial charge on any atom is 0.279 e. The van der Waals surface area contributed by atoms with E-state index in [4.69, 9.17) is 9.47 Å². The second-order valence-electron chi connectivity index (χ2n) is 6.17. The van der Waals surface area contributed by atoms with Crippen LogP contribution >= 0.6 is 23.1 Å². The van der Waals surface area contributed by atoms with Crippen LogP contribution in [0, 0.1) is 0 Å². The van der Waals surface area contributed by atoms with E-state index < -0.39 is 0 Å². The molecule has 0 atom stereocenters. The van der Waals surface area contributed by atoms with Gasteiger partial charge < -0.3 is 14.0 Å². The number of hydrogen-bond donors (Lipinski definition) is 0. The fourth-order valence-electron chi connectivity index (χ4n) is 2.94. The Kier molecular flexibility index (Phi) is 6.80. The van der Waals surface area contributed by atoms with E-state index in [1.807, 2.05) is 0 Å². The maximum absolute atomic E-state index is 12.8. The molecule has 1 heterocycles. The molecular weight excluding hydrogens is 392 g/mol. The summed E-state index contributed by atoms with van der Waals surface area (Å²) >= 11 is 3.33. The van der Waals surface area contributed by atoms with Crippen molar-refractivity contribution in [3.8, 4) is 11.5 Å². The third-order valence-electron chi connectivity index (χ3n) is 4.50. The van der Waals surface area contributed by atoms with Gasteiger partial charge in [-0.05, 0) is 48.6 Å². The summed E-state index contributed by atoms with van der Waals surface area (Å²) in [6.45, 7) is 2.95. The van der Waals surface area contributed by atoms with E-state index in [1.54, 1.807) is 55.5 Å². The summed E-state index contributed by atoms with van der Waals surface area (Å²) in [7, 11) is 3.12. The molecule has 0 aliphatic rings. The first-order valence-electron chi connectivity index (χ1n) is 9.03. The molecular formula is C21H24N2O3S2. The minimum atomic E-state index is -0.291. The maximum atomic E-state index is 12.8.